The number of hydrogen-bond acceptors (Lipinski definition) is 8. The number of aliphatic carboxylic acids is 1. The fraction of sp³-hybridized carbons (Fsp3) is 0.250. The van der Waals surface area contributed by atoms with E-state index in [1.165, 1.54) is 113 Å². The number of esters is 2. The van der Waals surface area contributed by atoms with Gasteiger partial charge in [-0.05, 0) is 110 Å². The molecule has 15 heteroatoms. The number of carbonyl (C=O) groups excluding carboxylic acids is 3. The number of anilines is 1. The van der Waals surface area contributed by atoms with Crippen LogP contribution in [-0.2, 0) is 50.3 Å². The van der Waals surface area contributed by atoms with Crippen molar-refractivity contribution in [1.82, 2.24) is 5.32 Å². The molecule has 99 heavy (non-hydrogen) atoms. The van der Waals surface area contributed by atoms with Gasteiger partial charge in [-0.15, -0.1) is 0 Å². The number of fused-ring (bicyclic) bond motifs is 14. The van der Waals surface area contributed by atoms with Crippen LogP contribution in [0.25, 0.3) is 43.1 Å². The van der Waals surface area contributed by atoms with Gasteiger partial charge < -0.3 is 96.7 Å². The van der Waals surface area contributed by atoms with E-state index in [0.717, 1.165) is 17.1 Å². The molecule has 0 aromatic heterocycles. The number of rotatable bonds is 14. The van der Waals surface area contributed by atoms with Crippen molar-refractivity contribution in [2.24, 2.45) is 0 Å². The van der Waals surface area contributed by atoms with Crippen LogP contribution in [0.15, 0.2) is 236 Å². The number of allylic oxidation sites excluding steroid dienone is 14. The Balaban J connectivity index is 0.000000206. The number of carboxylic acid groups (broad SMARTS) is 1. The zero-order valence-electron chi connectivity index (χ0n) is 58.6. The van der Waals surface area contributed by atoms with Crippen molar-refractivity contribution < 1.29 is 119 Å². The molecule has 8 aromatic carbocycles. The summed E-state index contributed by atoms with van der Waals surface area (Å²) < 4.78 is 15.9. The van der Waals surface area contributed by atoms with Crippen LogP contribution in [0.5, 0.6) is 0 Å². The second-order valence-electron chi connectivity index (χ2n) is 26.6. The molecule has 510 valence electrons. The van der Waals surface area contributed by atoms with E-state index in [0.29, 0.717) is 26.2 Å². The van der Waals surface area contributed by atoms with Gasteiger partial charge in [0.05, 0.1) is 39.5 Å². The number of carbonyl (C=O) groups is 4. The minimum absolute atomic E-state index is 0. The molecule has 2 N–H and O–H groups in total. The molecule has 0 spiro atoms. The molecule has 0 radical (unpaired) electrons. The summed E-state index contributed by atoms with van der Waals surface area (Å²) >= 11 is 0. The number of ether oxygens (including phenoxy) is 2. The third-order valence-electron chi connectivity index (χ3n) is 19.2. The highest BCUT2D eigenvalue weighted by Crippen LogP contribution is 2.51. The smallest absolute Gasteiger partial charge is 0.310 e. The molecule has 0 bridgehead atoms. The fourth-order valence-electron chi connectivity index (χ4n) is 14.5. The Labute approximate surface area is 634 Å². The van der Waals surface area contributed by atoms with Gasteiger partial charge >= 0.3 is 17.9 Å². The Kier molecular flexibility index (Phi) is 26.0. The minimum Gasteiger partial charge on any atom is -1.00 e. The van der Waals surface area contributed by atoms with Gasteiger partial charge in [0.15, 0.2) is 29.4 Å². The minimum atomic E-state index is -0.785. The predicted molar refractivity (Wildman–Crippen MR) is 392 cm³/mol. The molecule has 0 unspecified atom stereocenters. The Morgan fingerprint density at radius 3 is 1.62 bits per heavy atom. The Hall–Kier alpha value is -8.49. The van der Waals surface area contributed by atoms with Crippen LogP contribution in [0, 0.1) is 6.08 Å². The molecular formula is C84H87I3N5O7+. The number of hydrogen-bond donors (Lipinski definition) is 2. The van der Waals surface area contributed by atoms with Gasteiger partial charge in [0.1, 0.15) is 32.9 Å². The average Bonchev–Trinajstić information content (AvgIpc) is 1.59. The number of halogens is 3. The number of benzene rings is 8. The molecule has 4 aliphatic heterocycles. The van der Waals surface area contributed by atoms with E-state index in [4.69, 9.17) is 4.74 Å². The first-order chi connectivity index (χ1) is 45.9. The van der Waals surface area contributed by atoms with Gasteiger partial charge in [-0.2, -0.15) is 9.15 Å². The molecule has 0 saturated heterocycles. The molecule has 12 nitrogen and oxygen atoms in total. The molecule has 0 saturated carbocycles. The van der Waals surface area contributed by atoms with Crippen molar-refractivity contribution in [2.75, 3.05) is 38.7 Å². The molecule has 5 aliphatic rings. The maximum atomic E-state index is 11.4. The van der Waals surface area contributed by atoms with Gasteiger partial charge in [-0.25, -0.2) is 4.58 Å². The molecule has 0 fully saturated rings. The first-order valence-corrected chi connectivity index (χ1v) is 32.7. The predicted octanol–water partition coefficient (Wildman–Crippen LogP) is 8.10. The molecule has 13 rings (SSSR count). The van der Waals surface area contributed by atoms with Crippen LogP contribution in [0.2, 0.25) is 0 Å². The first kappa shape index (κ1) is 77.9. The second-order valence-corrected chi connectivity index (χ2v) is 26.6. The molecule has 1 aliphatic carbocycles. The van der Waals surface area contributed by atoms with Crippen LogP contribution in [0.3, 0.4) is 0 Å². The fourth-order valence-corrected chi connectivity index (χ4v) is 14.5. The molecule has 8 aromatic rings. The molecule has 4 heterocycles. The lowest BCUT2D eigenvalue weighted by molar-refractivity contribution is -0.440. The lowest BCUT2D eigenvalue weighted by atomic mass is 9.78. The molecule has 0 atom stereocenters. The van der Waals surface area contributed by atoms with Gasteiger partial charge in [-0.1, -0.05) is 159 Å². The van der Waals surface area contributed by atoms with Crippen LogP contribution < -0.4 is 82.1 Å². The Morgan fingerprint density at radius 1 is 0.576 bits per heavy atom. The van der Waals surface area contributed by atoms with Gasteiger partial charge in [0.25, 0.3) is 6.47 Å². The summed E-state index contributed by atoms with van der Waals surface area (Å²) in [6.07, 6.45) is 29.5. The lowest BCUT2D eigenvalue weighted by Crippen LogP contribution is -3.00. The maximum Gasteiger partial charge on any atom is 0.310 e. The molecular weight excluding hydrogens is 1570 g/mol. The number of nitrogens with zero attached hydrogens (tertiary/aromatic N) is 4. The zero-order chi connectivity index (χ0) is 68.7. The van der Waals surface area contributed by atoms with E-state index >= 15 is 0 Å². The van der Waals surface area contributed by atoms with Gasteiger partial charge in [0, 0.05) is 97.4 Å². The monoisotopic (exact) mass is 1660 g/mol. The topological polar surface area (TPSA) is 131 Å². The largest absolute Gasteiger partial charge is 1.00 e. The first-order valence-electron chi connectivity index (χ1n) is 32.7. The highest BCUT2D eigenvalue weighted by atomic mass is 127. The highest BCUT2D eigenvalue weighted by molar-refractivity contribution is 6.19. The Morgan fingerprint density at radius 2 is 1.07 bits per heavy atom. The van der Waals surface area contributed by atoms with Gasteiger partial charge in [-0.3, -0.25) is 19.2 Å². The van der Waals surface area contributed by atoms with Crippen LogP contribution in [-0.4, -0.2) is 94.1 Å². The lowest BCUT2D eigenvalue weighted by Gasteiger charge is -2.26. The normalized spacial score (nSPS) is 16.4. The summed E-state index contributed by atoms with van der Waals surface area (Å²) in [7, 11) is 4.38. The summed E-state index contributed by atoms with van der Waals surface area (Å²) in [4.78, 5) is 43.7. The van der Waals surface area contributed by atoms with Crippen LogP contribution in [0.4, 0.5) is 22.7 Å². The van der Waals surface area contributed by atoms with Crippen LogP contribution >= 0.6 is 0 Å². The van der Waals surface area contributed by atoms with E-state index in [1.807, 2.05) is 54.8 Å². The summed E-state index contributed by atoms with van der Waals surface area (Å²) in [5.41, 5.74) is 15.8. The Bertz CT molecular complexity index is 4790. The van der Waals surface area contributed by atoms with E-state index in [-0.39, 0.29) is 100 Å². The van der Waals surface area contributed by atoms with Gasteiger partial charge in [0.2, 0.25) is 17.1 Å². The van der Waals surface area contributed by atoms with Crippen molar-refractivity contribution in [3.05, 3.63) is 264 Å². The summed E-state index contributed by atoms with van der Waals surface area (Å²) in [5.74, 6) is -1.91. The zero-order valence-corrected chi connectivity index (χ0v) is 65.1. The third kappa shape index (κ3) is 15.9. The second kappa shape index (κ2) is 33.1. The number of nitrogens with one attached hydrogen (secondary N) is 1. The standard InChI is InChI=1S/C37H36N2O2.C23H23N2O2.C20H20N.C4H6O3.3HI/c1-36(2)29-19-13-14-20-30(29)39(24-23-33(40)41)32(36)22-8-6-7-21-31-37(3,4)34-27-17-11-9-15-25(27)26-16-10-12-18-28(26)35(34)38(31)5;1-23(2)20-12-6-7-13-21(20)25(16-17-27-18-26)22(23)14-8-9-15-24-19-10-4-3-5-11-19;1-13-20(2,3)18-16-11-7-5-9-14(16)15-10-6-8-12-17(15)19(18)21(13)4;1-3(5)7-4(2)6;;;/h6-22H,23-24H2,1-5H3;3-4,6-15,18H,16-17H2,1-2H3;5-12H,1-4H3;1-2H3;3*1H/q;2*+1;;;;/p-1. The van der Waals surface area contributed by atoms with E-state index < -0.39 is 17.9 Å². The summed E-state index contributed by atoms with van der Waals surface area (Å²) in [5, 5.41) is 23.2. The quantitative estimate of drug-likeness (QED) is 0.0128. The van der Waals surface area contributed by atoms with E-state index in [2.05, 4.69) is 281 Å². The number of carboxylic acids is 1. The van der Waals surface area contributed by atoms with Crippen molar-refractivity contribution in [2.45, 2.75) is 104 Å². The highest BCUT2D eigenvalue weighted by Gasteiger charge is 2.47. The maximum absolute atomic E-state index is 11.4. The summed E-state index contributed by atoms with van der Waals surface area (Å²) in [6.45, 7) is 24.7. The van der Waals surface area contributed by atoms with E-state index in [9.17, 15) is 24.3 Å². The molecule has 0 amide bonds. The van der Waals surface area contributed by atoms with E-state index in [1.54, 1.807) is 0 Å². The number of para-hydroxylation sites is 2. The summed E-state index contributed by atoms with van der Waals surface area (Å²) in [6, 6.07) is 51.8. The third-order valence-corrected chi connectivity index (χ3v) is 19.2. The average molecular weight is 1660 g/mol. The van der Waals surface area contributed by atoms with Crippen molar-refractivity contribution >= 4 is 107 Å². The van der Waals surface area contributed by atoms with Crippen LogP contribution in [0.1, 0.15) is 105 Å². The van der Waals surface area contributed by atoms with Crippen molar-refractivity contribution in [1.29, 1.82) is 0 Å². The van der Waals surface area contributed by atoms with Crippen molar-refractivity contribution in [3.8, 4) is 0 Å². The van der Waals surface area contributed by atoms with Crippen molar-refractivity contribution in [3.63, 3.8) is 0 Å². The SMILES string of the molecule is CC(=O)OC(C)=O.CC1(C)C(/C=C/C=C/NC2=CC=C[C+]=C2)=[N+](CCOC=O)c2ccccc21.CC1=[N+](C)c2c(c3ccccc3c3ccccc23)C1(C)C.C[N+]1=C(/C=C/C=C/C=C2/N(CCC(=O)O)c3ccccc3C2(C)C)C(C)(C)c2c1c1ccccc1c1ccccc21.[I-].[I-].[I-].